The standard InChI is InChI=1S/C15H19FN2S/c1-9(2)6-13-14(8-17)19-15(18-13)11-7-10(3)4-5-12(11)16/h4-5,7,9H,6,8,17H2,1-3H3. The highest BCUT2D eigenvalue weighted by Gasteiger charge is 2.15. The minimum Gasteiger partial charge on any atom is -0.326 e. The molecular weight excluding hydrogens is 259 g/mol. The summed E-state index contributed by atoms with van der Waals surface area (Å²) in [4.78, 5) is 5.65. The van der Waals surface area contributed by atoms with Gasteiger partial charge in [-0.3, -0.25) is 0 Å². The lowest BCUT2D eigenvalue weighted by molar-refractivity contribution is 0.628. The Bertz CT molecular complexity index is 576. The van der Waals surface area contributed by atoms with Crippen molar-refractivity contribution in [2.24, 2.45) is 11.7 Å². The van der Waals surface area contributed by atoms with Crippen LogP contribution in [0, 0.1) is 18.7 Å². The van der Waals surface area contributed by atoms with Gasteiger partial charge in [0.25, 0.3) is 0 Å². The number of nitrogens with zero attached hydrogens (tertiary/aromatic N) is 1. The summed E-state index contributed by atoms with van der Waals surface area (Å²) in [5, 5.41) is 0.734. The molecule has 0 spiro atoms. The number of aryl methyl sites for hydroxylation is 1. The maximum atomic E-state index is 13.9. The summed E-state index contributed by atoms with van der Waals surface area (Å²) >= 11 is 1.50. The molecule has 2 nitrogen and oxygen atoms in total. The Morgan fingerprint density at radius 1 is 1.37 bits per heavy atom. The Morgan fingerprint density at radius 2 is 2.11 bits per heavy atom. The third-order valence-corrected chi connectivity index (χ3v) is 4.07. The fraction of sp³-hybridized carbons (Fsp3) is 0.400. The van der Waals surface area contributed by atoms with Crippen LogP contribution in [0.4, 0.5) is 4.39 Å². The van der Waals surface area contributed by atoms with Crippen molar-refractivity contribution in [3.05, 3.63) is 40.2 Å². The van der Waals surface area contributed by atoms with Crippen molar-refractivity contribution in [3.63, 3.8) is 0 Å². The van der Waals surface area contributed by atoms with Crippen LogP contribution in [-0.2, 0) is 13.0 Å². The summed E-state index contributed by atoms with van der Waals surface area (Å²) in [7, 11) is 0. The molecule has 2 N–H and O–H groups in total. The Kier molecular flexibility index (Phi) is 4.32. The molecule has 0 saturated carbocycles. The Labute approximate surface area is 117 Å². The molecule has 0 saturated heterocycles. The summed E-state index contributed by atoms with van der Waals surface area (Å²) in [5.41, 5.74) is 8.39. The van der Waals surface area contributed by atoms with Gasteiger partial charge in [-0.2, -0.15) is 0 Å². The van der Waals surface area contributed by atoms with E-state index in [0.717, 1.165) is 27.6 Å². The van der Waals surface area contributed by atoms with E-state index in [1.54, 1.807) is 6.07 Å². The van der Waals surface area contributed by atoms with Gasteiger partial charge < -0.3 is 5.73 Å². The lowest BCUT2D eigenvalue weighted by Gasteiger charge is -2.02. The minimum atomic E-state index is -0.223. The second kappa shape index (κ2) is 5.80. The van der Waals surface area contributed by atoms with Crippen molar-refractivity contribution in [1.82, 2.24) is 4.98 Å². The zero-order valence-electron chi connectivity index (χ0n) is 11.5. The minimum absolute atomic E-state index is 0.223. The normalized spacial score (nSPS) is 11.3. The molecule has 1 aromatic carbocycles. The highest BCUT2D eigenvalue weighted by Crippen LogP contribution is 2.31. The molecule has 2 aromatic rings. The van der Waals surface area contributed by atoms with Crippen molar-refractivity contribution in [2.75, 3.05) is 0 Å². The van der Waals surface area contributed by atoms with E-state index in [2.05, 4.69) is 18.8 Å². The van der Waals surface area contributed by atoms with Crippen molar-refractivity contribution in [1.29, 1.82) is 0 Å². The first-order chi connectivity index (χ1) is 9.01. The second-order valence-electron chi connectivity index (χ2n) is 5.17. The predicted molar refractivity (Wildman–Crippen MR) is 78.7 cm³/mol. The molecule has 1 heterocycles. The number of hydrogen-bond donors (Lipinski definition) is 1. The van der Waals surface area contributed by atoms with Gasteiger partial charge in [-0.05, 0) is 31.4 Å². The summed E-state index contributed by atoms with van der Waals surface area (Å²) in [5.74, 6) is 0.293. The molecule has 19 heavy (non-hydrogen) atoms. The fourth-order valence-electron chi connectivity index (χ4n) is 2.01. The van der Waals surface area contributed by atoms with Gasteiger partial charge in [-0.25, -0.2) is 9.37 Å². The molecule has 0 atom stereocenters. The van der Waals surface area contributed by atoms with Gasteiger partial charge in [-0.15, -0.1) is 11.3 Å². The predicted octanol–water partition coefficient (Wildman–Crippen LogP) is 3.91. The Hall–Kier alpha value is -1.26. The number of aromatic nitrogens is 1. The second-order valence-corrected chi connectivity index (χ2v) is 6.26. The molecule has 0 aliphatic rings. The van der Waals surface area contributed by atoms with E-state index in [0.29, 0.717) is 18.0 Å². The van der Waals surface area contributed by atoms with Crippen LogP contribution in [0.25, 0.3) is 10.6 Å². The van der Waals surface area contributed by atoms with E-state index >= 15 is 0 Å². The molecule has 0 aliphatic heterocycles. The van der Waals surface area contributed by atoms with Crippen molar-refractivity contribution < 1.29 is 4.39 Å². The third kappa shape index (κ3) is 3.19. The molecule has 0 unspecified atom stereocenters. The van der Waals surface area contributed by atoms with Gasteiger partial charge in [0.1, 0.15) is 10.8 Å². The quantitative estimate of drug-likeness (QED) is 0.920. The summed E-state index contributed by atoms with van der Waals surface area (Å²) in [6, 6.07) is 5.11. The topological polar surface area (TPSA) is 38.9 Å². The molecule has 2 rings (SSSR count). The molecule has 4 heteroatoms. The van der Waals surface area contributed by atoms with E-state index in [-0.39, 0.29) is 5.82 Å². The zero-order chi connectivity index (χ0) is 14.0. The maximum absolute atomic E-state index is 13.9. The third-order valence-electron chi connectivity index (χ3n) is 2.92. The van der Waals surface area contributed by atoms with Crippen LogP contribution in [0.15, 0.2) is 18.2 Å². The van der Waals surface area contributed by atoms with E-state index in [1.807, 2.05) is 13.0 Å². The van der Waals surface area contributed by atoms with Crippen LogP contribution in [-0.4, -0.2) is 4.98 Å². The largest absolute Gasteiger partial charge is 0.326 e. The Morgan fingerprint density at radius 3 is 2.74 bits per heavy atom. The highest BCUT2D eigenvalue weighted by atomic mass is 32.1. The molecule has 1 aromatic heterocycles. The van der Waals surface area contributed by atoms with Crippen molar-refractivity contribution >= 4 is 11.3 Å². The van der Waals surface area contributed by atoms with Crippen LogP contribution in [0.5, 0.6) is 0 Å². The van der Waals surface area contributed by atoms with Crippen LogP contribution in [0.1, 0.15) is 30.0 Å². The average Bonchev–Trinajstić information content (AvgIpc) is 2.74. The van der Waals surface area contributed by atoms with E-state index in [9.17, 15) is 4.39 Å². The average molecular weight is 278 g/mol. The molecule has 102 valence electrons. The molecular formula is C15H19FN2S. The van der Waals surface area contributed by atoms with Gasteiger partial charge in [0.2, 0.25) is 0 Å². The summed E-state index contributed by atoms with van der Waals surface area (Å²) in [6.45, 7) is 6.71. The molecule has 0 aliphatic carbocycles. The summed E-state index contributed by atoms with van der Waals surface area (Å²) < 4.78 is 13.9. The van der Waals surface area contributed by atoms with Crippen LogP contribution in [0.2, 0.25) is 0 Å². The molecule has 0 fully saturated rings. The van der Waals surface area contributed by atoms with Crippen LogP contribution >= 0.6 is 11.3 Å². The number of hydrogen-bond acceptors (Lipinski definition) is 3. The lowest BCUT2D eigenvalue weighted by atomic mass is 10.1. The first-order valence-electron chi connectivity index (χ1n) is 6.46. The van der Waals surface area contributed by atoms with Gasteiger partial charge >= 0.3 is 0 Å². The van der Waals surface area contributed by atoms with E-state index in [1.165, 1.54) is 17.4 Å². The molecule has 0 bridgehead atoms. The lowest BCUT2D eigenvalue weighted by Crippen LogP contribution is -2.02. The van der Waals surface area contributed by atoms with Gasteiger partial charge in [-0.1, -0.05) is 25.5 Å². The first-order valence-corrected chi connectivity index (χ1v) is 7.28. The van der Waals surface area contributed by atoms with Crippen molar-refractivity contribution in [3.8, 4) is 10.6 Å². The van der Waals surface area contributed by atoms with E-state index < -0.39 is 0 Å². The van der Waals surface area contributed by atoms with E-state index in [4.69, 9.17) is 5.73 Å². The summed E-state index contributed by atoms with van der Waals surface area (Å²) in [6.07, 6.45) is 0.885. The van der Waals surface area contributed by atoms with Crippen LogP contribution < -0.4 is 5.73 Å². The van der Waals surface area contributed by atoms with Crippen molar-refractivity contribution in [2.45, 2.75) is 33.7 Å². The molecule has 0 amide bonds. The number of rotatable bonds is 4. The maximum Gasteiger partial charge on any atom is 0.133 e. The van der Waals surface area contributed by atoms with Crippen LogP contribution in [0.3, 0.4) is 0 Å². The number of thiazole rings is 1. The monoisotopic (exact) mass is 278 g/mol. The fourth-order valence-corrected chi connectivity index (χ4v) is 2.99. The number of nitrogens with two attached hydrogens (primary N) is 1. The smallest absolute Gasteiger partial charge is 0.133 e. The van der Waals surface area contributed by atoms with Gasteiger partial charge in [0, 0.05) is 17.0 Å². The molecule has 0 radical (unpaired) electrons. The van der Waals surface area contributed by atoms with Gasteiger partial charge in [0.15, 0.2) is 0 Å². The SMILES string of the molecule is Cc1ccc(F)c(-c2nc(CC(C)C)c(CN)s2)c1. The van der Waals surface area contributed by atoms with Gasteiger partial charge in [0.05, 0.1) is 5.69 Å². The highest BCUT2D eigenvalue weighted by molar-refractivity contribution is 7.15. The zero-order valence-corrected chi connectivity index (χ0v) is 12.4. The number of halogens is 1. The number of benzene rings is 1. The Balaban J connectivity index is 2.45. The first kappa shape index (κ1) is 14.2.